The van der Waals surface area contributed by atoms with Crippen molar-refractivity contribution in [1.29, 1.82) is 0 Å². The van der Waals surface area contributed by atoms with Crippen molar-refractivity contribution in [2.24, 2.45) is 0 Å². The SMILES string of the molecule is CS(=O)(=O)c1cc([N+](=O)[O-])ccc1NCC(c1cccc(Cl)c1)N1CCOCC1. The molecule has 8 nitrogen and oxygen atoms in total. The van der Waals surface area contributed by atoms with Gasteiger partial charge in [0, 0.05) is 43.0 Å². The number of sulfone groups is 1. The number of ether oxygens (including phenoxy) is 1. The molecule has 2 aromatic carbocycles. The zero-order valence-corrected chi connectivity index (χ0v) is 17.4. The number of hydrogen-bond acceptors (Lipinski definition) is 7. The van der Waals surface area contributed by atoms with Crippen LogP contribution >= 0.6 is 11.6 Å². The van der Waals surface area contributed by atoms with Crippen LogP contribution in [0.5, 0.6) is 0 Å². The topological polar surface area (TPSA) is 102 Å². The minimum absolute atomic E-state index is 0.0693. The highest BCUT2D eigenvalue weighted by molar-refractivity contribution is 7.90. The van der Waals surface area contributed by atoms with E-state index in [2.05, 4.69) is 10.2 Å². The molecule has 0 bridgehead atoms. The van der Waals surface area contributed by atoms with Crippen LogP contribution in [0.15, 0.2) is 47.4 Å². The van der Waals surface area contributed by atoms with Crippen LogP contribution in [-0.2, 0) is 14.6 Å². The number of morpholine rings is 1. The lowest BCUT2D eigenvalue weighted by molar-refractivity contribution is -0.385. The molecule has 0 saturated carbocycles. The minimum Gasteiger partial charge on any atom is -0.382 e. The largest absolute Gasteiger partial charge is 0.382 e. The van der Waals surface area contributed by atoms with Crippen molar-refractivity contribution in [3.05, 3.63) is 63.2 Å². The van der Waals surface area contributed by atoms with Gasteiger partial charge in [-0.1, -0.05) is 23.7 Å². The zero-order valence-electron chi connectivity index (χ0n) is 15.9. The summed E-state index contributed by atoms with van der Waals surface area (Å²) in [7, 11) is -3.66. The average Bonchev–Trinajstić information content (AvgIpc) is 2.68. The maximum Gasteiger partial charge on any atom is 0.270 e. The summed E-state index contributed by atoms with van der Waals surface area (Å²) >= 11 is 6.17. The van der Waals surface area contributed by atoms with Crippen LogP contribution < -0.4 is 5.32 Å². The molecule has 1 fully saturated rings. The monoisotopic (exact) mass is 439 g/mol. The molecule has 1 saturated heterocycles. The van der Waals surface area contributed by atoms with Crippen molar-refractivity contribution >= 4 is 32.8 Å². The van der Waals surface area contributed by atoms with Crippen LogP contribution in [0.1, 0.15) is 11.6 Å². The average molecular weight is 440 g/mol. The van der Waals surface area contributed by atoms with Gasteiger partial charge in [0.25, 0.3) is 5.69 Å². The highest BCUT2D eigenvalue weighted by Crippen LogP contribution is 2.29. The Kier molecular flexibility index (Phi) is 6.74. The maximum atomic E-state index is 12.2. The molecule has 1 atom stereocenters. The van der Waals surface area contributed by atoms with E-state index in [1.54, 1.807) is 6.07 Å². The summed E-state index contributed by atoms with van der Waals surface area (Å²) in [6.45, 7) is 3.10. The Labute approximate surface area is 174 Å². The van der Waals surface area contributed by atoms with E-state index >= 15 is 0 Å². The van der Waals surface area contributed by atoms with Crippen molar-refractivity contribution in [1.82, 2.24) is 4.90 Å². The van der Waals surface area contributed by atoms with Crippen molar-refractivity contribution in [3.8, 4) is 0 Å². The van der Waals surface area contributed by atoms with Gasteiger partial charge >= 0.3 is 0 Å². The molecule has 0 aromatic heterocycles. The van der Waals surface area contributed by atoms with Gasteiger partial charge in [-0.25, -0.2) is 8.42 Å². The van der Waals surface area contributed by atoms with Gasteiger partial charge in [0.2, 0.25) is 0 Å². The van der Waals surface area contributed by atoms with Gasteiger partial charge in [-0.05, 0) is 23.8 Å². The van der Waals surface area contributed by atoms with Gasteiger partial charge in [-0.3, -0.25) is 15.0 Å². The summed E-state index contributed by atoms with van der Waals surface area (Å²) in [6.07, 6.45) is 1.04. The fourth-order valence-electron chi connectivity index (χ4n) is 3.34. The van der Waals surface area contributed by atoms with Crippen LogP contribution in [0.4, 0.5) is 11.4 Å². The first-order valence-electron chi connectivity index (χ1n) is 9.05. The number of halogens is 1. The van der Waals surface area contributed by atoms with Crippen LogP contribution in [0, 0.1) is 10.1 Å². The molecule has 3 rings (SSSR count). The molecule has 2 aromatic rings. The number of nitro benzene ring substituents is 1. The molecule has 1 aliphatic heterocycles. The first kappa shape index (κ1) is 21.5. The lowest BCUT2D eigenvalue weighted by Crippen LogP contribution is -2.41. The Bertz CT molecular complexity index is 993. The second kappa shape index (κ2) is 9.08. The normalized spacial score (nSPS) is 16.3. The molecule has 0 spiro atoms. The number of benzene rings is 2. The molecule has 0 radical (unpaired) electrons. The zero-order chi connectivity index (χ0) is 21.0. The van der Waals surface area contributed by atoms with E-state index < -0.39 is 14.8 Å². The lowest BCUT2D eigenvalue weighted by atomic mass is 10.0. The Morgan fingerprint density at radius 1 is 1.24 bits per heavy atom. The Morgan fingerprint density at radius 3 is 2.59 bits per heavy atom. The lowest BCUT2D eigenvalue weighted by Gasteiger charge is -2.35. The van der Waals surface area contributed by atoms with E-state index in [9.17, 15) is 18.5 Å². The highest BCUT2D eigenvalue weighted by Gasteiger charge is 2.24. The molecular weight excluding hydrogens is 418 g/mol. The Balaban J connectivity index is 1.90. The van der Waals surface area contributed by atoms with Crippen molar-refractivity contribution in [2.75, 3.05) is 44.4 Å². The summed E-state index contributed by atoms with van der Waals surface area (Å²) in [6, 6.07) is 11.3. The van der Waals surface area contributed by atoms with Gasteiger partial charge in [-0.2, -0.15) is 0 Å². The van der Waals surface area contributed by atoms with E-state index in [-0.39, 0.29) is 16.6 Å². The fourth-order valence-corrected chi connectivity index (χ4v) is 4.42. The number of non-ortho nitro benzene ring substituents is 1. The van der Waals surface area contributed by atoms with Crippen LogP contribution in [0.25, 0.3) is 0 Å². The van der Waals surface area contributed by atoms with E-state index in [4.69, 9.17) is 16.3 Å². The smallest absolute Gasteiger partial charge is 0.270 e. The van der Waals surface area contributed by atoms with Crippen LogP contribution in [-0.4, -0.2) is 57.3 Å². The predicted octanol–water partition coefficient (Wildman–Crippen LogP) is 3.14. The first-order chi connectivity index (χ1) is 13.8. The quantitative estimate of drug-likeness (QED) is 0.522. The molecule has 0 aliphatic carbocycles. The number of nitro groups is 1. The number of nitrogens with zero attached hydrogens (tertiary/aromatic N) is 2. The van der Waals surface area contributed by atoms with Crippen LogP contribution in [0.3, 0.4) is 0 Å². The van der Waals surface area contributed by atoms with E-state index in [0.29, 0.717) is 30.5 Å². The summed E-state index contributed by atoms with van der Waals surface area (Å²) in [5.74, 6) is 0. The molecule has 0 amide bonds. The second-order valence-corrected chi connectivity index (χ2v) is 9.23. The third kappa shape index (κ3) is 5.45. The van der Waals surface area contributed by atoms with Gasteiger partial charge in [0.15, 0.2) is 9.84 Å². The number of hydrogen-bond donors (Lipinski definition) is 1. The van der Waals surface area contributed by atoms with E-state index in [1.807, 2.05) is 18.2 Å². The summed E-state index contributed by atoms with van der Waals surface area (Å²) < 4.78 is 29.8. The van der Waals surface area contributed by atoms with Gasteiger partial charge in [0.05, 0.1) is 34.8 Å². The molecule has 29 heavy (non-hydrogen) atoms. The molecule has 1 N–H and O–H groups in total. The van der Waals surface area contributed by atoms with Crippen molar-refractivity contribution < 1.29 is 18.1 Å². The van der Waals surface area contributed by atoms with E-state index in [0.717, 1.165) is 31.0 Å². The number of anilines is 1. The van der Waals surface area contributed by atoms with Crippen molar-refractivity contribution in [2.45, 2.75) is 10.9 Å². The molecular formula is C19H22ClN3O5S. The standard InChI is InChI=1S/C19H22ClN3O5S/c1-29(26,27)19-12-16(23(24)25)5-6-17(19)21-13-18(22-7-9-28-10-8-22)14-3-2-4-15(20)11-14/h2-6,11-12,18,21H,7-10,13H2,1H3. The van der Waals surface area contributed by atoms with Gasteiger partial charge in [-0.15, -0.1) is 0 Å². The Morgan fingerprint density at radius 2 is 1.97 bits per heavy atom. The molecule has 156 valence electrons. The second-order valence-electron chi connectivity index (χ2n) is 6.81. The van der Waals surface area contributed by atoms with E-state index in [1.165, 1.54) is 12.1 Å². The molecule has 1 heterocycles. The number of nitrogens with one attached hydrogen (secondary N) is 1. The van der Waals surface area contributed by atoms with Gasteiger partial charge in [0.1, 0.15) is 0 Å². The minimum atomic E-state index is -3.66. The third-order valence-electron chi connectivity index (χ3n) is 4.78. The Hall–Kier alpha value is -2.20. The molecule has 1 unspecified atom stereocenters. The van der Waals surface area contributed by atoms with Gasteiger partial charge < -0.3 is 10.1 Å². The summed E-state index contributed by atoms with van der Waals surface area (Å²) in [5, 5.41) is 14.8. The van der Waals surface area contributed by atoms with Crippen molar-refractivity contribution in [3.63, 3.8) is 0 Å². The van der Waals surface area contributed by atoms with Crippen LogP contribution in [0.2, 0.25) is 5.02 Å². The summed E-state index contributed by atoms with van der Waals surface area (Å²) in [5.41, 5.74) is 1.06. The summed E-state index contributed by atoms with van der Waals surface area (Å²) in [4.78, 5) is 12.6. The first-order valence-corrected chi connectivity index (χ1v) is 11.3. The predicted molar refractivity (Wildman–Crippen MR) is 111 cm³/mol. The highest BCUT2D eigenvalue weighted by atomic mass is 35.5. The fraction of sp³-hybridized carbons (Fsp3) is 0.368. The molecule has 1 aliphatic rings. The molecule has 10 heteroatoms. The maximum absolute atomic E-state index is 12.2. The third-order valence-corrected chi connectivity index (χ3v) is 6.15. The number of rotatable bonds is 7.